The Bertz CT molecular complexity index is 1020. The van der Waals surface area contributed by atoms with Crippen LogP contribution in [0.2, 0.25) is 0 Å². The van der Waals surface area contributed by atoms with Gasteiger partial charge in [0.2, 0.25) is 11.6 Å². The van der Waals surface area contributed by atoms with E-state index in [0.29, 0.717) is 0 Å². The number of carbonyl (C=O) groups excluding carboxylic acids is 3. The second-order valence-corrected chi connectivity index (χ2v) is 7.05. The summed E-state index contributed by atoms with van der Waals surface area (Å²) in [4.78, 5) is 41.3. The Morgan fingerprint density at radius 3 is 2.10 bits per heavy atom. The maximum absolute atomic E-state index is 13.5. The van der Waals surface area contributed by atoms with E-state index in [0.717, 1.165) is 12.7 Å². The lowest BCUT2D eigenvalue weighted by Gasteiger charge is -2.20. The lowest BCUT2D eigenvalue weighted by atomic mass is 9.83. The Kier molecular flexibility index (Phi) is 5.60. The topological polar surface area (TPSA) is 113 Å². The second kappa shape index (κ2) is 7.98. The minimum Gasteiger partial charge on any atom is -0.437 e. The molecule has 0 radical (unpaired) electrons. The van der Waals surface area contributed by atoms with Gasteiger partial charge in [0.05, 0.1) is 19.8 Å². The molecule has 0 saturated heterocycles. The van der Waals surface area contributed by atoms with Crippen LogP contribution in [0.1, 0.15) is 51.6 Å². The van der Waals surface area contributed by atoms with Crippen molar-refractivity contribution in [3.8, 4) is 5.75 Å². The first-order valence-electron chi connectivity index (χ1n) is 9.23. The summed E-state index contributed by atoms with van der Waals surface area (Å²) in [6.07, 6.45) is -1.75. The van der Waals surface area contributed by atoms with E-state index in [2.05, 4.69) is 9.73 Å². The molecule has 2 aromatic rings. The third-order valence-electron chi connectivity index (χ3n) is 5.02. The van der Waals surface area contributed by atoms with Gasteiger partial charge < -0.3 is 19.3 Å². The summed E-state index contributed by atoms with van der Waals surface area (Å²) in [5.41, 5.74) is -0.871. The zero-order valence-electron chi connectivity index (χ0n) is 17.0. The molecule has 0 aliphatic heterocycles. The van der Waals surface area contributed by atoms with Crippen LogP contribution in [-0.2, 0) is 15.0 Å². The Labute approximate surface area is 173 Å². The standard InChI is InChI=1S/C22H21NO7/c1-12(2)13-9-10-16(17(11-13)30-21(27)29-4)22(23-20(26)28-3)18(24)14-7-5-6-8-15(14)19(22)25/h5-12H,1-4H3,(H,23,26)/p+1. The molecule has 0 fully saturated rings. The molecule has 0 bridgehead atoms. The zero-order valence-corrected chi connectivity index (χ0v) is 17.0. The SMILES string of the molecule is COC(=O)Oc1cc(C(C)C)ccc1C1([NH+]=C(O)OC)C(=O)c2ccccc2C1=O. The van der Waals surface area contributed by atoms with E-state index in [-0.39, 0.29) is 28.4 Å². The predicted molar refractivity (Wildman–Crippen MR) is 106 cm³/mol. The molecule has 0 amide bonds. The highest BCUT2D eigenvalue weighted by Gasteiger charge is 2.62. The minimum absolute atomic E-state index is 0.0426. The predicted octanol–water partition coefficient (Wildman–Crippen LogP) is 1.87. The van der Waals surface area contributed by atoms with Crippen LogP contribution in [0.25, 0.3) is 0 Å². The average molecular weight is 412 g/mol. The Morgan fingerprint density at radius 1 is 1.00 bits per heavy atom. The zero-order chi connectivity index (χ0) is 22.1. The van der Waals surface area contributed by atoms with Gasteiger partial charge in [0.15, 0.2) is 0 Å². The highest BCUT2D eigenvalue weighted by Crippen LogP contribution is 2.40. The third kappa shape index (κ3) is 3.30. The van der Waals surface area contributed by atoms with Crippen LogP contribution in [0.3, 0.4) is 0 Å². The molecule has 1 aliphatic carbocycles. The number of hydrogen-bond acceptors (Lipinski definition) is 6. The molecule has 2 aromatic carbocycles. The summed E-state index contributed by atoms with van der Waals surface area (Å²) in [5, 5.41) is 10.1. The molecule has 8 heteroatoms. The van der Waals surface area contributed by atoms with E-state index < -0.39 is 29.3 Å². The number of carbonyl (C=O) groups is 3. The fraction of sp³-hybridized carbons (Fsp3) is 0.273. The number of methoxy groups -OCH3 is 2. The van der Waals surface area contributed by atoms with Crippen LogP contribution < -0.4 is 9.73 Å². The molecule has 2 N–H and O–H groups in total. The number of ether oxygens (including phenoxy) is 3. The monoisotopic (exact) mass is 412 g/mol. The minimum atomic E-state index is -2.08. The third-order valence-corrected chi connectivity index (χ3v) is 5.02. The first kappa shape index (κ1) is 21.0. The van der Waals surface area contributed by atoms with Crippen LogP contribution in [-0.4, -0.2) is 43.1 Å². The van der Waals surface area contributed by atoms with Crippen LogP contribution in [0.5, 0.6) is 5.75 Å². The maximum atomic E-state index is 13.5. The molecule has 0 atom stereocenters. The summed E-state index contributed by atoms with van der Waals surface area (Å²) in [6, 6.07) is 11.1. The number of ketones is 2. The normalized spacial score (nSPS) is 15.2. The summed E-state index contributed by atoms with van der Waals surface area (Å²) in [7, 11) is 2.33. The van der Waals surface area contributed by atoms with Crippen molar-refractivity contribution in [1.82, 2.24) is 0 Å². The van der Waals surface area contributed by atoms with Gasteiger partial charge >= 0.3 is 17.8 Å². The molecule has 30 heavy (non-hydrogen) atoms. The molecular formula is C22H22NO7+. The van der Waals surface area contributed by atoms with Gasteiger partial charge in [-0.05, 0) is 23.6 Å². The first-order valence-corrected chi connectivity index (χ1v) is 9.23. The van der Waals surface area contributed by atoms with Crippen molar-refractivity contribution >= 4 is 23.8 Å². The number of rotatable bonds is 4. The highest BCUT2D eigenvalue weighted by atomic mass is 16.7. The van der Waals surface area contributed by atoms with E-state index in [1.165, 1.54) is 25.3 Å². The summed E-state index contributed by atoms with van der Waals surface area (Å²) in [6.45, 7) is 3.88. The smallest absolute Gasteiger partial charge is 0.437 e. The van der Waals surface area contributed by atoms with Crippen molar-refractivity contribution < 1.29 is 38.7 Å². The highest BCUT2D eigenvalue weighted by molar-refractivity contribution is 6.32. The molecule has 3 rings (SSSR count). The van der Waals surface area contributed by atoms with Crippen molar-refractivity contribution in [2.24, 2.45) is 0 Å². The van der Waals surface area contributed by atoms with Gasteiger partial charge in [0.1, 0.15) is 5.75 Å². The largest absolute Gasteiger partial charge is 0.546 e. The average Bonchev–Trinajstić information content (AvgIpc) is 2.96. The van der Waals surface area contributed by atoms with Crippen LogP contribution in [0, 0.1) is 0 Å². The molecule has 1 aliphatic rings. The van der Waals surface area contributed by atoms with E-state index in [4.69, 9.17) is 9.47 Å². The number of fused-ring (bicyclic) bond motifs is 1. The van der Waals surface area contributed by atoms with Crippen molar-refractivity contribution in [3.05, 3.63) is 64.7 Å². The summed E-state index contributed by atoms with van der Waals surface area (Å²) >= 11 is 0. The fourth-order valence-corrected chi connectivity index (χ4v) is 3.45. The molecule has 0 spiro atoms. The van der Waals surface area contributed by atoms with Gasteiger partial charge in [-0.25, -0.2) is 4.79 Å². The molecule has 8 nitrogen and oxygen atoms in total. The van der Waals surface area contributed by atoms with Crippen molar-refractivity contribution in [2.45, 2.75) is 25.3 Å². The number of aliphatic hydroxyl groups is 1. The van der Waals surface area contributed by atoms with Crippen LogP contribution in [0.15, 0.2) is 42.5 Å². The Balaban J connectivity index is 2.33. The Hall–Kier alpha value is -3.68. The van der Waals surface area contributed by atoms with E-state index in [1.54, 1.807) is 24.3 Å². The van der Waals surface area contributed by atoms with Crippen LogP contribution in [0.4, 0.5) is 4.79 Å². The van der Waals surface area contributed by atoms with Gasteiger partial charge in [0, 0.05) is 11.1 Å². The van der Waals surface area contributed by atoms with E-state index >= 15 is 0 Å². The van der Waals surface area contributed by atoms with Crippen molar-refractivity contribution in [3.63, 3.8) is 0 Å². The van der Waals surface area contributed by atoms with Crippen LogP contribution >= 0.6 is 0 Å². The fourth-order valence-electron chi connectivity index (χ4n) is 3.45. The molecule has 0 heterocycles. The van der Waals surface area contributed by atoms with Gasteiger partial charge in [-0.3, -0.25) is 9.59 Å². The van der Waals surface area contributed by atoms with Gasteiger partial charge in [0.25, 0.3) is 0 Å². The summed E-state index contributed by atoms with van der Waals surface area (Å²) < 4.78 is 14.7. The number of benzene rings is 2. The number of aliphatic hydroxyl groups excluding tert-OH is 1. The molecule has 0 saturated carbocycles. The summed E-state index contributed by atoms with van der Waals surface area (Å²) in [5.74, 6) is -1.19. The maximum Gasteiger partial charge on any atom is 0.546 e. The van der Waals surface area contributed by atoms with E-state index in [9.17, 15) is 19.5 Å². The van der Waals surface area contributed by atoms with Gasteiger partial charge in [-0.15, -0.1) is 0 Å². The molecule has 0 aromatic heterocycles. The molecule has 0 unspecified atom stereocenters. The van der Waals surface area contributed by atoms with Gasteiger partial charge in [-0.1, -0.05) is 44.2 Å². The van der Waals surface area contributed by atoms with E-state index in [1.807, 2.05) is 13.8 Å². The lowest BCUT2D eigenvalue weighted by Crippen LogP contribution is -2.89. The quantitative estimate of drug-likeness (QED) is 0.259. The van der Waals surface area contributed by atoms with Crippen molar-refractivity contribution in [1.29, 1.82) is 0 Å². The molecular weight excluding hydrogens is 390 g/mol. The van der Waals surface area contributed by atoms with Crippen molar-refractivity contribution in [2.75, 3.05) is 14.2 Å². The Morgan fingerprint density at radius 2 is 1.60 bits per heavy atom. The lowest BCUT2D eigenvalue weighted by molar-refractivity contribution is -0.537. The first-order chi connectivity index (χ1) is 14.3. The van der Waals surface area contributed by atoms with Gasteiger partial charge in [-0.2, -0.15) is 4.99 Å². The number of hydrogen-bond donors (Lipinski definition) is 2. The second-order valence-electron chi connectivity index (χ2n) is 7.05. The number of Topliss-reactive ketones (excluding diaryl/α,β-unsaturated/α-hetero) is 2. The number of nitrogens with one attached hydrogen (secondary N) is 1. The molecule has 156 valence electrons.